The molecule has 0 saturated heterocycles. The third-order valence-electron chi connectivity index (χ3n) is 3.43. The number of hydrogen-bond donors (Lipinski definition) is 2. The van der Waals surface area contributed by atoms with Gasteiger partial charge in [-0.2, -0.15) is 13.2 Å². The van der Waals surface area contributed by atoms with Crippen LogP contribution in [-0.4, -0.2) is 28.6 Å². The average molecular weight is 327 g/mol. The molecule has 0 spiro atoms. The number of carbonyl (C=O) groups is 1. The van der Waals surface area contributed by atoms with Gasteiger partial charge in [-0.1, -0.05) is 12.8 Å². The lowest BCUT2D eigenvalue weighted by Crippen LogP contribution is -2.32. The van der Waals surface area contributed by atoms with E-state index >= 15 is 0 Å². The Morgan fingerprint density at radius 1 is 1.26 bits per heavy atom. The first-order valence-corrected chi connectivity index (χ1v) is 7.03. The molecule has 1 amide bonds. The maximum Gasteiger partial charge on any atom is 0.418 e. The Hall–Kier alpha value is -2.45. The van der Waals surface area contributed by atoms with E-state index in [2.05, 4.69) is 15.0 Å². The Kier molecular flexibility index (Phi) is 4.97. The third kappa shape index (κ3) is 4.27. The minimum Gasteiger partial charge on any atom is -0.379 e. The molecule has 0 atom stereocenters. The van der Waals surface area contributed by atoms with Crippen molar-refractivity contribution < 1.29 is 18.0 Å². The first-order valence-electron chi connectivity index (χ1n) is 7.03. The van der Waals surface area contributed by atoms with Crippen LogP contribution in [0.5, 0.6) is 0 Å². The first-order chi connectivity index (χ1) is 10.8. The van der Waals surface area contributed by atoms with Crippen molar-refractivity contribution in [3.05, 3.63) is 29.6 Å². The lowest BCUT2D eigenvalue weighted by atomic mass is 10.1. The molecule has 0 bridgehead atoms. The molecule has 1 fully saturated rings. The Morgan fingerprint density at radius 2 is 1.91 bits per heavy atom. The molecule has 124 valence electrons. The van der Waals surface area contributed by atoms with Crippen LogP contribution >= 0.6 is 0 Å². The van der Waals surface area contributed by atoms with E-state index in [1.165, 1.54) is 12.3 Å². The molecule has 6 nitrogen and oxygen atoms in total. The SMILES string of the molecule is NC(=O)C(N)=NC(=NC1CCCC1)c1ncccc1C(F)(F)F. The van der Waals surface area contributed by atoms with Crippen LogP contribution in [0.2, 0.25) is 0 Å². The van der Waals surface area contributed by atoms with Crippen molar-refractivity contribution in [3.8, 4) is 0 Å². The summed E-state index contributed by atoms with van der Waals surface area (Å²) in [6.45, 7) is 0. The van der Waals surface area contributed by atoms with Crippen LogP contribution in [0.1, 0.15) is 36.9 Å². The molecule has 0 aliphatic heterocycles. The van der Waals surface area contributed by atoms with Gasteiger partial charge in [0.15, 0.2) is 11.7 Å². The van der Waals surface area contributed by atoms with Gasteiger partial charge in [-0.3, -0.25) is 14.8 Å². The molecule has 0 unspecified atom stereocenters. The third-order valence-corrected chi connectivity index (χ3v) is 3.43. The van der Waals surface area contributed by atoms with Gasteiger partial charge in [0, 0.05) is 6.20 Å². The normalized spacial score (nSPS) is 17.5. The molecule has 1 aliphatic carbocycles. The second-order valence-corrected chi connectivity index (χ2v) is 5.15. The van der Waals surface area contributed by atoms with Crippen molar-refractivity contribution in [2.45, 2.75) is 37.9 Å². The number of nitrogens with two attached hydrogens (primary N) is 2. The fraction of sp³-hybridized carbons (Fsp3) is 0.429. The van der Waals surface area contributed by atoms with Crippen molar-refractivity contribution >= 4 is 17.6 Å². The van der Waals surface area contributed by atoms with Gasteiger partial charge in [0.05, 0.1) is 11.6 Å². The standard InChI is InChI=1S/C14H16F3N5O/c15-14(16,17)9-6-3-7-20-10(9)13(22-11(18)12(19)23)21-8-4-1-2-5-8/h3,6-8H,1-2,4-5H2,(H2,19,23)(H2,18,21,22). The van der Waals surface area contributed by atoms with E-state index in [0.717, 1.165) is 31.7 Å². The zero-order chi connectivity index (χ0) is 17.0. The predicted molar refractivity (Wildman–Crippen MR) is 78.8 cm³/mol. The van der Waals surface area contributed by atoms with Crippen LogP contribution in [0, 0.1) is 0 Å². The van der Waals surface area contributed by atoms with Gasteiger partial charge in [0.2, 0.25) is 0 Å². The summed E-state index contributed by atoms with van der Waals surface area (Å²) in [5, 5.41) is 0. The van der Waals surface area contributed by atoms with Gasteiger partial charge < -0.3 is 11.5 Å². The molecule has 0 radical (unpaired) electrons. The highest BCUT2D eigenvalue weighted by Gasteiger charge is 2.35. The van der Waals surface area contributed by atoms with Gasteiger partial charge in [-0.15, -0.1) is 0 Å². The van der Waals surface area contributed by atoms with Crippen molar-refractivity contribution in [1.82, 2.24) is 4.98 Å². The van der Waals surface area contributed by atoms with E-state index in [0.29, 0.717) is 0 Å². The molecule has 1 aliphatic rings. The minimum absolute atomic E-state index is 0.169. The fourth-order valence-corrected chi connectivity index (χ4v) is 2.33. The Morgan fingerprint density at radius 3 is 2.48 bits per heavy atom. The predicted octanol–water partition coefficient (Wildman–Crippen LogP) is 1.63. The van der Waals surface area contributed by atoms with E-state index in [1.807, 2.05) is 0 Å². The number of nitrogens with zero attached hydrogens (tertiary/aromatic N) is 3. The Labute approximate surface area is 130 Å². The average Bonchev–Trinajstić information content (AvgIpc) is 2.98. The maximum atomic E-state index is 13.2. The maximum absolute atomic E-state index is 13.2. The van der Waals surface area contributed by atoms with Crippen molar-refractivity contribution in [2.24, 2.45) is 21.5 Å². The Balaban J connectivity index is 2.54. The number of halogens is 3. The number of pyridine rings is 1. The number of amidine groups is 2. The lowest BCUT2D eigenvalue weighted by molar-refractivity contribution is -0.138. The smallest absolute Gasteiger partial charge is 0.379 e. The highest BCUT2D eigenvalue weighted by Crippen LogP contribution is 2.32. The summed E-state index contributed by atoms with van der Waals surface area (Å²) in [7, 11) is 0. The van der Waals surface area contributed by atoms with Crippen molar-refractivity contribution in [3.63, 3.8) is 0 Å². The summed E-state index contributed by atoms with van der Waals surface area (Å²) in [6.07, 6.45) is -0.0786. The molecular formula is C14H16F3N5O. The van der Waals surface area contributed by atoms with Crippen molar-refractivity contribution in [2.75, 3.05) is 0 Å². The summed E-state index contributed by atoms with van der Waals surface area (Å²) >= 11 is 0. The minimum atomic E-state index is -4.63. The number of amides is 1. The topological polar surface area (TPSA) is 107 Å². The molecule has 1 aromatic rings. The van der Waals surface area contributed by atoms with Gasteiger partial charge in [0.1, 0.15) is 5.69 Å². The summed E-state index contributed by atoms with van der Waals surface area (Å²) in [6, 6.07) is 1.88. The van der Waals surface area contributed by atoms with Gasteiger partial charge in [0.25, 0.3) is 5.91 Å². The zero-order valence-corrected chi connectivity index (χ0v) is 12.2. The first kappa shape index (κ1) is 16.9. The second kappa shape index (κ2) is 6.76. The van der Waals surface area contributed by atoms with Crippen LogP contribution in [0.15, 0.2) is 28.3 Å². The second-order valence-electron chi connectivity index (χ2n) is 5.15. The van der Waals surface area contributed by atoms with Crippen LogP contribution in [-0.2, 0) is 11.0 Å². The molecule has 2 rings (SSSR count). The summed E-state index contributed by atoms with van der Waals surface area (Å²) in [5.41, 5.74) is 8.93. The van der Waals surface area contributed by atoms with Gasteiger partial charge >= 0.3 is 6.18 Å². The van der Waals surface area contributed by atoms with Gasteiger partial charge in [-0.25, -0.2) is 4.99 Å². The molecule has 1 heterocycles. The molecule has 1 aromatic heterocycles. The number of hydrogen-bond acceptors (Lipinski definition) is 3. The highest BCUT2D eigenvalue weighted by atomic mass is 19.4. The number of aliphatic imine (C=N–C) groups is 2. The summed E-state index contributed by atoms with van der Waals surface area (Å²) in [5.74, 6) is -1.96. The molecule has 0 aromatic carbocycles. The number of alkyl halides is 3. The highest BCUT2D eigenvalue weighted by molar-refractivity contribution is 6.38. The largest absolute Gasteiger partial charge is 0.418 e. The van der Waals surface area contributed by atoms with Crippen LogP contribution < -0.4 is 11.5 Å². The van der Waals surface area contributed by atoms with Crippen LogP contribution in [0.25, 0.3) is 0 Å². The number of carbonyl (C=O) groups excluding carboxylic acids is 1. The van der Waals surface area contributed by atoms with Gasteiger partial charge in [-0.05, 0) is 25.0 Å². The fourth-order valence-electron chi connectivity index (χ4n) is 2.33. The number of aromatic nitrogens is 1. The number of rotatable bonds is 2. The summed E-state index contributed by atoms with van der Waals surface area (Å²) < 4.78 is 39.5. The lowest BCUT2D eigenvalue weighted by Gasteiger charge is -2.13. The van der Waals surface area contributed by atoms with Crippen molar-refractivity contribution in [1.29, 1.82) is 0 Å². The van der Waals surface area contributed by atoms with E-state index in [-0.39, 0.29) is 11.9 Å². The summed E-state index contributed by atoms with van der Waals surface area (Å²) in [4.78, 5) is 22.7. The number of primary amides is 1. The van der Waals surface area contributed by atoms with Crippen LogP contribution in [0.4, 0.5) is 13.2 Å². The molecule has 1 saturated carbocycles. The molecule has 23 heavy (non-hydrogen) atoms. The van der Waals surface area contributed by atoms with E-state index < -0.39 is 29.2 Å². The Bertz CT molecular complexity index is 648. The zero-order valence-electron chi connectivity index (χ0n) is 12.2. The molecule has 9 heteroatoms. The molecular weight excluding hydrogens is 311 g/mol. The monoisotopic (exact) mass is 327 g/mol. The molecule has 4 N–H and O–H groups in total. The van der Waals surface area contributed by atoms with E-state index in [4.69, 9.17) is 11.5 Å². The quantitative estimate of drug-likeness (QED) is 0.637. The van der Waals surface area contributed by atoms with E-state index in [1.54, 1.807) is 0 Å². The van der Waals surface area contributed by atoms with Crippen LogP contribution in [0.3, 0.4) is 0 Å². The van der Waals surface area contributed by atoms with E-state index in [9.17, 15) is 18.0 Å².